The summed E-state index contributed by atoms with van der Waals surface area (Å²) in [6, 6.07) is 20.5. The minimum atomic E-state index is -0.454. The van der Waals surface area contributed by atoms with Gasteiger partial charge in [-0.2, -0.15) is 0 Å². The maximum absolute atomic E-state index is 12.8. The number of nitrogens with zero attached hydrogens (tertiary/aromatic N) is 4. The number of primary amides is 1. The van der Waals surface area contributed by atoms with Gasteiger partial charge in [0.1, 0.15) is 5.76 Å². The van der Waals surface area contributed by atoms with Crippen LogP contribution < -0.4 is 15.8 Å². The molecule has 2 aromatic carbocycles. The maximum Gasteiger partial charge on any atom is 0.314 e. The molecule has 1 aliphatic rings. The molecule has 5 rings (SSSR count). The van der Waals surface area contributed by atoms with Crippen molar-refractivity contribution in [2.75, 3.05) is 31.5 Å². The average molecular weight is 530 g/mol. The van der Waals surface area contributed by atoms with E-state index in [0.717, 1.165) is 27.6 Å². The molecular weight excluding hydrogens is 502 g/mol. The van der Waals surface area contributed by atoms with Crippen LogP contribution in [0.25, 0.3) is 11.3 Å². The molecular formula is C27H27N7O3S. The van der Waals surface area contributed by atoms with Crippen molar-refractivity contribution in [3.8, 4) is 11.3 Å². The van der Waals surface area contributed by atoms with E-state index >= 15 is 0 Å². The largest absolute Gasteiger partial charge is 0.468 e. The van der Waals surface area contributed by atoms with Gasteiger partial charge in [0.25, 0.3) is 5.91 Å². The first-order valence-corrected chi connectivity index (χ1v) is 12.9. The van der Waals surface area contributed by atoms with Gasteiger partial charge in [-0.25, -0.2) is 14.8 Å². The molecule has 194 valence electrons. The fourth-order valence-corrected chi connectivity index (χ4v) is 4.67. The van der Waals surface area contributed by atoms with E-state index in [4.69, 9.17) is 10.2 Å². The fraction of sp³-hybridized carbons (Fsp3) is 0.185. The third-order valence-corrected chi connectivity index (χ3v) is 6.89. The van der Waals surface area contributed by atoms with Crippen LogP contribution in [0, 0.1) is 0 Å². The molecule has 0 unspecified atom stereocenters. The van der Waals surface area contributed by atoms with Gasteiger partial charge in [0.05, 0.1) is 18.5 Å². The number of nitrogens with two attached hydrogens (primary N) is 1. The predicted octanol–water partition coefficient (Wildman–Crippen LogP) is 4.11. The number of anilines is 2. The second-order valence-corrected chi connectivity index (χ2v) is 9.58. The van der Waals surface area contributed by atoms with Gasteiger partial charge in [-0.15, -0.1) is 0 Å². The highest BCUT2D eigenvalue weighted by Crippen LogP contribution is 2.23. The number of urea groups is 1. The van der Waals surface area contributed by atoms with E-state index in [-0.39, 0.29) is 5.91 Å². The molecule has 4 N–H and O–H groups in total. The summed E-state index contributed by atoms with van der Waals surface area (Å²) in [6.07, 6.45) is 3.37. The van der Waals surface area contributed by atoms with Gasteiger partial charge >= 0.3 is 6.03 Å². The Morgan fingerprint density at radius 3 is 2.37 bits per heavy atom. The zero-order chi connectivity index (χ0) is 26.3. The van der Waals surface area contributed by atoms with E-state index in [1.54, 1.807) is 34.4 Å². The number of aromatic nitrogens is 2. The molecule has 10 nitrogen and oxygen atoms in total. The van der Waals surface area contributed by atoms with Gasteiger partial charge < -0.3 is 25.3 Å². The van der Waals surface area contributed by atoms with E-state index in [2.05, 4.69) is 20.0 Å². The summed E-state index contributed by atoms with van der Waals surface area (Å²) in [5.41, 5.74) is 8.44. The minimum absolute atomic E-state index is 0.0725. The molecule has 0 atom stereocenters. The molecule has 3 amide bonds. The van der Waals surface area contributed by atoms with Crippen LogP contribution >= 0.6 is 11.9 Å². The highest BCUT2D eigenvalue weighted by atomic mass is 32.2. The molecule has 11 heteroatoms. The Morgan fingerprint density at radius 1 is 0.947 bits per heavy atom. The summed E-state index contributed by atoms with van der Waals surface area (Å²) >= 11 is 1.54. The quantitative estimate of drug-likeness (QED) is 0.291. The lowest BCUT2D eigenvalue weighted by molar-refractivity contribution is 0.0669. The predicted molar refractivity (Wildman–Crippen MR) is 146 cm³/mol. The zero-order valence-corrected chi connectivity index (χ0v) is 21.4. The summed E-state index contributed by atoms with van der Waals surface area (Å²) in [4.78, 5) is 37.4. The van der Waals surface area contributed by atoms with Gasteiger partial charge in [0, 0.05) is 54.1 Å². The minimum Gasteiger partial charge on any atom is -0.468 e. The topological polar surface area (TPSA) is 130 Å². The number of carbonyl (C=O) groups excluding carboxylic acids is 2. The standard InChI is InChI=1S/C27H27N7O3S/c28-26(36)34-15-13-33(14-16-34)25(35)20-3-7-21(8-4-20)31-27-29-12-11-24(32-27)19-5-9-23(10-6-19)38-30-18-22-2-1-17-37-22/h1-12,17,30H,13-16,18H2,(H2,28,36)(H,29,31,32). The van der Waals surface area contributed by atoms with Crippen LogP contribution in [0.5, 0.6) is 0 Å². The third kappa shape index (κ3) is 6.31. The molecule has 4 aromatic rings. The van der Waals surface area contributed by atoms with Crippen molar-refractivity contribution in [1.82, 2.24) is 24.5 Å². The molecule has 1 aliphatic heterocycles. The number of nitrogens with one attached hydrogen (secondary N) is 2. The van der Waals surface area contributed by atoms with Crippen LogP contribution in [0.4, 0.5) is 16.4 Å². The van der Waals surface area contributed by atoms with Crippen molar-refractivity contribution in [3.63, 3.8) is 0 Å². The molecule has 0 radical (unpaired) electrons. The summed E-state index contributed by atoms with van der Waals surface area (Å²) < 4.78 is 8.61. The van der Waals surface area contributed by atoms with Gasteiger partial charge in [-0.3, -0.25) is 9.52 Å². The van der Waals surface area contributed by atoms with E-state index in [1.165, 1.54) is 11.9 Å². The summed E-state index contributed by atoms with van der Waals surface area (Å²) in [5, 5.41) is 3.20. The van der Waals surface area contributed by atoms with E-state index in [9.17, 15) is 9.59 Å². The number of rotatable bonds is 8. The number of piperazine rings is 1. The maximum atomic E-state index is 12.8. The fourth-order valence-electron chi connectivity index (χ4n) is 4.01. The zero-order valence-electron chi connectivity index (χ0n) is 20.5. The molecule has 0 spiro atoms. The summed E-state index contributed by atoms with van der Waals surface area (Å²) in [5.74, 6) is 1.27. The normalized spacial score (nSPS) is 13.4. The number of hydrogen-bond donors (Lipinski definition) is 3. The molecule has 2 aromatic heterocycles. The van der Waals surface area contributed by atoms with Crippen molar-refractivity contribution in [2.45, 2.75) is 11.4 Å². The third-order valence-electron chi connectivity index (χ3n) is 6.09. The number of hydrogen-bond acceptors (Lipinski definition) is 8. The molecule has 1 saturated heterocycles. The number of carbonyl (C=O) groups is 2. The van der Waals surface area contributed by atoms with Gasteiger partial charge in [-0.1, -0.05) is 12.1 Å². The molecule has 1 fully saturated rings. The van der Waals surface area contributed by atoms with Crippen LogP contribution in [0.2, 0.25) is 0 Å². The molecule has 0 aliphatic carbocycles. The van der Waals surface area contributed by atoms with E-state index in [1.807, 2.05) is 54.6 Å². The molecule has 0 saturated carbocycles. The lowest BCUT2D eigenvalue weighted by Gasteiger charge is -2.33. The van der Waals surface area contributed by atoms with Crippen molar-refractivity contribution < 1.29 is 14.0 Å². The Hall–Kier alpha value is -4.35. The lowest BCUT2D eigenvalue weighted by atomic mass is 10.1. The highest BCUT2D eigenvalue weighted by Gasteiger charge is 2.23. The van der Waals surface area contributed by atoms with Crippen molar-refractivity contribution in [1.29, 1.82) is 0 Å². The van der Waals surface area contributed by atoms with E-state index in [0.29, 0.717) is 44.2 Å². The molecule has 3 heterocycles. The Kier molecular flexibility index (Phi) is 7.86. The van der Waals surface area contributed by atoms with Gasteiger partial charge in [0.15, 0.2) is 0 Å². The van der Waals surface area contributed by atoms with Crippen LogP contribution in [-0.4, -0.2) is 57.9 Å². The second-order valence-electron chi connectivity index (χ2n) is 8.61. The number of benzene rings is 2. The molecule has 0 bridgehead atoms. The smallest absolute Gasteiger partial charge is 0.314 e. The Bertz CT molecular complexity index is 1370. The summed E-state index contributed by atoms with van der Waals surface area (Å²) in [6.45, 7) is 2.45. The van der Waals surface area contributed by atoms with Gasteiger partial charge in [-0.05, 0) is 66.5 Å². The van der Waals surface area contributed by atoms with Crippen LogP contribution in [-0.2, 0) is 6.54 Å². The Labute approximate surface area is 224 Å². The highest BCUT2D eigenvalue weighted by molar-refractivity contribution is 7.97. The number of furan rings is 1. The summed E-state index contributed by atoms with van der Waals surface area (Å²) in [7, 11) is 0. The van der Waals surface area contributed by atoms with Crippen LogP contribution in [0.15, 0.2) is 88.5 Å². The first-order chi connectivity index (χ1) is 18.5. The first-order valence-electron chi connectivity index (χ1n) is 12.1. The number of amides is 3. The van der Waals surface area contributed by atoms with Crippen molar-refractivity contribution in [2.24, 2.45) is 5.73 Å². The Morgan fingerprint density at radius 2 is 1.68 bits per heavy atom. The van der Waals surface area contributed by atoms with Crippen LogP contribution in [0.1, 0.15) is 16.1 Å². The first kappa shape index (κ1) is 25.3. The average Bonchev–Trinajstić information content (AvgIpc) is 3.47. The molecule has 38 heavy (non-hydrogen) atoms. The SMILES string of the molecule is NC(=O)N1CCN(C(=O)c2ccc(Nc3nccc(-c4ccc(SNCc5ccco5)cc4)n3)cc2)CC1. The van der Waals surface area contributed by atoms with Crippen molar-refractivity contribution in [3.05, 3.63) is 90.5 Å². The van der Waals surface area contributed by atoms with Gasteiger partial charge in [0.2, 0.25) is 5.95 Å². The van der Waals surface area contributed by atoms with Crippen LogP contribution in [0.3, 0.4) is 0 Å². The van der Waals surface area contributed by atoms with E-state index < -0.39 is 6.03 Å². The monoisotopic (exact) mass is 529 g/mol. The second kappa shape index (κ2) is 11.8. The van der Waals surface area contributed by atoms with Crippen molar-refractivity contribution >= 4 is 35.5 Å². The lowest BCUT2D eigenvalue weighted by Crippen LogP contribution is -2.52. The Balaban J connectivity index is 1.16.